The fraction of sp³-hybridized carbons (Fsp3) is 0.333. The lowest BCUT2D eigenvalue weighted by Crippen LogP contribution is -3.00. The molecule has 0 saturated heterocycles. The van der Waals surface area contributed by atoms with Crippen LogP contribution < -0.4 is 59.4 Å². The van der Waals surface area contributed by atoms with E-state index in [2.05, 4.69) is 35.7 Å². The average Bonchev–Trinajstić information content (AvgIpc) is 2.07. The van der Waals surface area contributed by atoms with Gasteiger partial charge in [-0.15, -0.1) is 0 Å². The molecule has 0 aromatic heterocycles. The van der Waals surface area contributed by atoms with E-state index in [0.717, 1.165) is 19.5 Å². The van der Waals surface area contributed by atoms with Gasteiger partial charge in [-0.25, -0.2) is 0 Å². The van der Waals surface area contributed by atoms with Crippen molar-refractivity contribution in [2.45, 2.75) is 13.0 Å². The highest BCUT2D eigenvalue weighted by Gasteiger charge is 1.93. The number of halogens is 2. The van der Waals surface area contributed by atoms with Crippen LogP contribution in [0.3, 0.4) is 0 Å². The second-order valence-electron chi connectivity index (χ2n) is 2.67. The molecule has 6 N–H and O–H groups in total. The fourth-order valence-corrected chi connectivity index (χ4v) is 1.08. The van der Waals surface area contributed by atoms with Crippen LogP contribution in [0.5, 0.6) is 0 Å². The molecule has 4 heteroatoms. The van der Waals surface area contributed by atoms with E-state index in [9.17, 15) is 0 Å². The predicted octanol–water partition coefficient (Wildman–Crippen LogP) is -6.78. The molecule has 0 heterocycles. The summed E-state index contributed by atoms with van der Waals surface area (Å²) in [5.41, 5.74) is 10.3. The fourth-order valence-electron chi connectivity index (χ4n) is 1.08. The van der Waals surface area contributed by atoms with Crippen LogP contribution in [0.25, 0.3) is 0 Å². The van der Waals surface area contributed by atoms with Crippen molar-refractivity contribution >= 4 is 0 Å². The molecule has 0 fully saturated rings. The highest BCUT2D eigenvalue weighted by molar-refractivity contribution is 5.21. The quantitative estimate of drug-likeness (QED) is 0.470. The third-order valence-electron chi connectivity index (χ3n) is 1.78. The Hall–Kier alpha value is 0.600. The Morgan fingerprint density at radius 3 is 1.69 bits per heavy atom. The van der Waals surface area contributed by atoms with Gasteiger partial charge >= 0.3 is 0 Å². The van der Waals surface area contributed by atoms with Gasteiger partial charge in [-0.3, -0.25) is 0 Å². The zero-order valence-corrected chi connectivity index (χ0v) is 11.9. The zero-order chi connectivity index (χ0) is 8.10. The number of hydrogen-bond donors (Lipinski definition) is 2. The van der Waals surface area contributed by atoms with Gasteiger partial charge in [-0.2, -0.15) is 0 Å². The van der Waals surface area contributed by atoms with Crippen LogP contribution in [0.15, 0.2) is 24.3 Å². The summed E-state index contributed by atoms with van der Waals surface area (Å²) in [5.74, 6) is 0. The normalized spacial score (nSPS) is 8.46. The number of quaternary nitrogens is 2. The van der Waals surface area contributed by atoms with Gasteiger partial charge in [-0.05, 0) is 5.56 Å². The van der Waals surface area contributed by atoms with E-state index < -0.39 is 0 Å². The molecule has 0 aliphatic rings. The molecular formula is C9H16I2N2. The van der Waals surface area contributed by atoms with Crippen molar-refractivity contribution in [3.8, 4) is 0 Å². The van der Waals surface area contributed by atoms with Crippen LogP contribution >= 0.6 is 0 Å². The first-order chi connectivity index (χ1) is 5.36. The number of benzene rings is 1. The molecule has 0 atom stereocenters. The maximum atomic E-state index is 3.82. The Balaban J connectivity index is 0. The summed E-state index contributed by atoms with van der Waals surface area (Å²) in [6, 6.07) is 8.59. The van der Waals surface area contributed by atoms with Crippen LogP contribution in [-0.2, 0) is 13.0 Å². The van der Waals surface area contributed by atoms with Gasteiger partial charge < -0.3 is 59.4 Å². The molecule has 2 nitrogen and oxygen atoms in total. The summed E-state index contributed by atoms with van der Waals surface area (Å²) >= 11 is 0. The van der Waals surface area contributed by atoms with Crippen molar-refractivity contribution in [1.29, 1.82) is 0 Å². The lowest BCUT2D eigenvalue weighted by molar-refractivity contribution is -0.386. The van der Waals surface area contributed by atoms with E-state index in [4.69, 9.17) is 0 Å². The lowest BCUT2D eigenvalue weighted by Gasteiger charge is -1.97. The maximum absolute atomic E-state index is 3.82. The monoisotopic (exact) mass is 406 g/mol. The van der Waals surface area contributed by atoms with Gasteiger partial charge in [0.2, 0.25) is 0 Å². The molecule has 76 valence electrons. The largest absolute Gasteiger partial charge is 1.00 e. The molecule has 13 heavy (non-hydrogen) atoms. The average molecular weight is 406 g/mol. The third-order valence-corrected chi connectivity index (χ3v) is 1.78. The first-order valence-corrected chi connectivity index (χ1v) is 4.03. The molecule has 1 rings (SSSR count). The van der Waals surface area contributed by atoms with E-state index in [1.807, 2.05) is 0 Å². The van der Waals surface area contributed by atoms with Crippen molar-refractivity contribution in [1.82, 2.24) is 0 Å². The smallest absolute Gasteiger partial charge is 0.0997 e. The minimum atomic E-state index is 0. The van der Waals surface area contributed by atoms with Crippen molar-refractivity contribution in [2.75, 3.05) is 6.54 Å². The van der Waals surface area contributed by atoms with Crippen molar-refractivity contribution in [3.63, 3.8) is 0 Å². The van der Waals surface area contributed by atoms with Crippen LogP contribution in [0.2, 0.25) is 0 Å². The van der Waals surface area contributed by atoms with Crippen LogP contribution in [-0.4, -0.2) is 6.54 Å². The van der Waals surface area contributed by atoms with Gasteiger partial charge in [0.15, 0.2) is 0 Å². The second-order valence-corrected chi connectivity index (χ2v) is 2.67. The van der Waals surface area contributed by atoms with Gasteiger partial charge in [0.1, 0.15) is 0 Å². The van der Waals surface area contributed by atoms with Crippen molar-refractivity contribution < 1.29 is 59.4 Å². The molecule has 0 radical (unpaired) electrons. The Morgan fingerprint density at radius 1 is 0.846 bits per heavy atom. The van der Waals surface area contributed by atoms with E-state index in [1.165, 1.54) is 11.1 Å². The molecule has 1 aromatic carbocycles. The summed E-state index contributed by atoms with van der Waals surface area (Å²) in [5, 5.41) is 0. The van der Waals surface area contributed by atoms with Gasteiger partial charge in [-0.1, -0.05) is 24.3 Å². The predicted molar refractivity (Wildman–Crippen MR) is 44.5 cm³/mol. The standard InChI is InChI=1S/C9H14N2.2HI/c10-6-5-8-1-3-9(7-11)4-2-8;;/h1-4H,5-7,10-11H2;2*1H. The molecule has 0 spiro atoms. The topological polar surface area (TPSA) is 55.3 Å². The summed E-state index contributed by atoms with van der Waals surface area (Å²) in [6.07, 6.45) is 1.08. The summed E-state index contributed by atoms with van der Waals surface area (Å²) in [4.78, 5) is 0. The van der Waals surface area contributed by atoms with Gasteiger partial charge in [0.25, 0.3) is 0 Å². The molecule has 0 aliphatic carbocycles. The highest BCUT2D eigenvalue weighted by atomic mass is 127. The van der Waals surface area contributed by atoms with E-state index >= 15 is 0 Å². The van der Waals surface area contributed by atoms with Gasteiger partial charge in [0.05, 0.1) is 13.1 Å². The Morgan fingerprint density at radius 2 is 1.31 bits per heavy atom. The maximum Gasteiger partial charge on any atom is 0.0997 e. The number of hydrogen-bond acceptors (Lipinski definition) is 0. The lowest BCUT2D eigenvalue weighted by atomic mass is 10.1. The Bertz CT molecular complexity index is 211. The van der Waals surface area contributed by atoms with Crippen LogP contribution in [0.1, 0.15) is 11.1 Å². The van der Waals surface area contributed by atoms with Gasteiger partial charge in [0, 0.05) is 12.0 Å². The van der Waals surface area contributed by atoms with E-state index in [1.54, 1.807) is 0 Å². The van der Waals surface area contributed by atoms with E-state index in [-0.39, 0.29) is 48.0 Å². The molecule has 0 unspecified atom stereocenters. The summed E-state index contributed by atoms with van der Waals surface area (Å²) in [6.45, 7) is 1.86. The third kappa shape index (κ3) is 5.82. The molecule has 0 aliphatic heterocycles. The minimum absolute atomic E-state index is 0. The molecular weight excluding hydrogens is 390 g/mol. The Labute approximate surface area is 113 Å². The SMILES string of the molecule is [I-].[I-].[NH3+]CCc1ccc(C[NH3+])cc1. The molecule has 0 saturated carbocycles. The minimum Gasteiger partial charge on any atom is -1.00 e. The molecule has 0 bridgehead atoms. The van der Waals surface area contributed by atoms with E-state index in [0.29, 0.717) is 0 Å². The summed E-state index contributed by atoms with van der Waals surface area (Å²) in [7, 11) is 0. The first-order valence-electron chi connectivity index (χ1n) is 4.03. The van der Waals surface area contributed by atoms with Crippen LogP contribution in [0.4, 0.5) is 0 Å². The zero-order valence-electron chi connectivity index (χ0n) is 7.60. The summed E-state index contributed by atoms with van der Waals surface area (Å²) < 4.78 is 0. The van der Waals surface area contributed by atoms with Crippen LogP contribution in [0, 0.1) is 0 Å². The Kier molecular flexibility index (Phi) is 11.3. The molecule has 1 aromatic rings. The highest BCUT2D eigenvalue weighted by Crippen LogP contribution is 2.02. The molecule has 0 amide bonds. The van der Waals surface area contributed by atoms with Crippen molar-refractivity contribution in [3.05, 3.63) is 35.4 Å². The first kappa shape index (κ1) is 16.0. The van der Waals surface area contributed by atoms with Crippen molar-refractivity contribution in [2.24, 2.45) is 0 Å². The number of rotatable bonds is 3. The second kappa shape index (κ2) is 9.17.